The zero-order chi connectivity index (χ0) is 20.8. The van der Waals surface area contributed by atoms with Gasteiger partial charge in [0.15, 0.2) is 5.78 Å². The van der Waals surface area contributed by atoms with E-state index < -0.39 is 5.97 Å². The van der Waals surface area contributed by atoms with E-state index in [1.54, 1.807) is 60.7 Å². The highest BCUT2D eigenvalue weighted by Gasteiger charge is 2.10. The van der Waals surface area contributed by atoms with Crippen LogP contribution in [0.1, 0.15) is 38.1 Å². The number of nitrogens with zero attached hydrogens (tertiary/aromatic N) is 1. The van der Waals surface area contributed by atoms with Crippen molar-refractivity contribution in [1.29, 1.82) is 0 Å². The maximum atomic E-state index is 12.5. The number of pyridine rings is 1. The summed E-state index contributed by atoms with van der Waals surface area (Å²) < 4.78 is 4.65. The molecule has 146 valence electrons. The molecule has 29 heavy (non-hydrogen) atoms. The highest BCUT2D eigenvalue weighted by atomic mass is 16.5. The Balaban J connectivity index is 1.69. The fourth-order valence-electron chi connectivity index (χ4n) is 2.59. The van der Waals surface area contributed by atoms with Crippen LogP contribution < -0.4 is 10.6 Å². The van der Waals surface area contributed by atoms with E-state index in [-0.39, 0.29) is 17.4 Å². The summed E-state index contributed by atoms with van der Waals surface area (Å²) in [5, 5.41) is 5.91. The van der Waals surface area contributed by atoms with Gasteiger partial charge in [-0.15, -0.1) is 0 Å². The molecule has 7 nitrogen and oxygen atoms in total. The van der Waals surface area contributed by atoms with E-state index in [0.29, 0.717) is 22.5 Å². The van der Waals surface area contributed by atoms with Crippen molar-refractivity contribution in [3.8, 4) is 0 Å². The Morgan fingerprint density at radius 1 is 0.828 bits per heavy atom. The standard InChI is InChI=1S/C22H19N3O4/c1-14(26)15-3-7-17(8-4-15)24-19-11-12-23-20(13-19)21(27)25-18-9-5-16(6-10-18)22(28)29-2/h3-13H,1-2H3,(H,23,24)(H,25,27). The Kier molecular flexibility index (Phi) is 5.99. The molecule has 0 spiro atoms. The van der Waals surface area contributed by atoms with Gasteiger partial charge in [-0.25, -0.2) is 4.79 Å². The third-order valence-corrected chi connectivity index (χ3v) is 4.14. The van der Waals surface area contributed by atoms with Crippen molar-refractivity contribution in [3.05, 3.63) is 83.7 Å². The molecule has 3 aromatic rings. The second-order valence-corrected chi connectivity index (χ2v) is 6.21. The third kappa shape index (κ3) is 5.04. The monoisotopic (exact) mass is 389 g/mol. The van der Waals surface area contributed by atoms with Crippen LogP contribution in [0.5, 0.6) is 0 Å². The van der Waals surface area contributed by atoms with Crippen LogP contribution in [0.25, 0.3) is 0 Å². The van der Waals surface area contributed by atoms with E-state index in [4.69, 9.17) is 0 Å². The first-order chi connectivity index (χ1) is 14.0. The quantitative estimate of drug-likeness (QED) is 0.487. The molecule has 0 bridgehead atoms. The first kappa shape index (κ1) is 19.8. The van der Waals surface area contributed by atoms with Gasteiger partial charge in [-0.3, -0.25) is 14.6 Å². The largest absolute Gasteiger partial charge is 0.465 e. The number of carbonyl (C=O) groups excluding carboxylic acids is 3. The lowest BCUT2D eigenvalue weighted by molar-refractivity contribution is 0.0600. The van der Waals surface area contributed by atoms with E-state index in [9.17, 15) is 14.4 Å². The second-order valence-electron chi connectivity index (χ2n) is 6.21. The van der Waals surface area contributed by atoms with Gasteiger partial charge in [0.2, 0.25) is 0 Å². The maximum absolute atomic E-state index is 12.5. The normalized spacial score (nSPS) is 10.1. The lowest BCUT2D eigenvalue weighted by atomic mass is 10.1. The van der Waals surface area contributed by atoms with Crippen LogP contribution in [0.3, 0.4) is 0 Å². The molecule has 0 saturated heterocycles. The average Bonchev–Trinajstić information content (AvgIpc) is 2.74. The number of methoxy groups -OCH3 is 1. The van der Waals surface area contributed by atoms with Crippen molar-refractivity contribution in [2.45, 2.75) is 6.92 Å². The summed E-state index contributed by atoms with van der Waals surface area (Å²) in [6.07, 6.45) is 1.53. The second kappa shape index (κ2) is 8.79. The molecule has 0 unspecified atom stereocenters. The highest BCUT2D eigenvalue weighted by molar-refractivity contribution is 6.03. The van der Waals surface area contributed by atoms with Gasteiger partial charge in [0.25, 0.3) is 5.91 Å². The number of rotatable bonds is 6. The van der Waals surface area contributed by atoms with Crippen molar-refractivity contribution in [3.63, 3.8) is 0 Å². The van der Waals surface area contributed by atoms with Crippen molar-refractivity contribution in [1.82, 2.24) is 4.98 Å². The minimum absolute atomic E-state index is 0.000891. The van der Waals surface area contributed by atoms with Crippen LogP contribution in [0.15, 0.2) is 66.9 Å². The summed E-state index contributed by atoms with van der Waals surface area (Å²) in [6, 6.07) is 16.8. The molecule has 2 N–H and O–H groups in total. The van der Waals surface area contributed by atoms with Crippen LogP contribution in [-0.4, -0.2) is 29.8 Å². The first-order valence-electron chi connectivity index (χ1n) is 8.80. The van der Waals surface area contributed by atoms with Crippen molar-refractivity contribution >= 4 is 34.7 Å². The van der Waals surface area contributed by atoms with Crippen LogP contribution in [0, 0.1) is 0 Å². The molecular formula is C22H19N3O4. The Hall–Kier alpha value is -4.00. The van der Waals surface area contributed by atoms with Crippen LogP contribution in [-0.2, 0) is 4.74 Å². The molecule has 0 aliphatic carbocycles. The van der Waals surface area contributed by atoms with Gasteiger partial charge in [0.1, 0.15) is 5.69 Å². The molecule has 0 fully saturated rings. The highest BCUT2D eigenvalue weighted by Crippen LogP contribution is 2.18. The molecule has 3 rings (SSSR count). The number of ether oxygens (including phenoxy) is 1. The summed E-state index contributed by atoms with van der Waals surface area (Å²) >= 11 is 0. The van der Waals surface area contributed by atoms with E-state index in [0.717, 1.165) is 5.69 Å². The van der Waals surface area contributed by atoms with Crippen molar-refractivity contribution < 1.29 is 19.1 Å². The van der Waals surface area contributed by atoms with Crippen LogP contribution in [0.2, 0.25) is 0 Å². The first-order valence-corrected chi connectivity index (χ1v) is 8.80. The summed E-state index contributed by atoms with van der Waals surface area (Å²) in [4.78, 5) is 39.4. The summed E-state index contributed by atoms with van der Waals surface area (Å²) in [5.41, 5.74) is 3.25. The molecule has 1 aromatic heterocycles. The fourth-order valence-corrected chi connectivity index (χ4v) is 2.59. The number of carbonyl (C=O) groups is 3. The molecule has 1 amide bonds. The maximum Gasteiger partial charge on any atom is 0.337 e. The molecule has 7 heteroatoms. The number of hydrogen-bond acceptors (Lipinski definition) is 6. The Morgan fingerprint density at radius 3 is 2.07 bits per heavy atom. The van der Waals surface area contributed by atoms with E-state index >= 15 is 0 Å². The molecule has 0 aliphatic heterocycles. The molecule has 0 radical (unpaired) electrons. The molecular weight excluding hydrogens is 370 g/mol. The number of nitrogens with one attached hydrogen (secondary N) is 2. The summed E-state index contributed by atoms with van der Waals surface area (Å²) in [5.74, 6) is -0.829. The number of esters is 1. The van der Waals surface area contributed by atoms with Gasteiger partial charge >= 0.3 is 5.97 Å². The fraction of sp³-hybridized carbons (Fsp3) is 0.0909. The number of hydrogen-bond donors (Lipinski definition) is 2. The van der Waals surface area contributed by atoms with Crippen molar-refractivity contribution in [2.75, 3.05) is 17.7 Å². The Morgan fingerprint density at radius 2 is 1.45 bits per heavy atom. The van der Waals surface area contributed by atoms with Crippen molar-refractivity contribution in [2.24, 2.45) is 0 Å². The zero-order valence-corrected chi connectivity index (χ0v) is 15.9. The predicted molar refractivity (Wildman–Crippen MR) is 110 cm³/mol. The number of aromatic nitrogens is 1. The summed E-state index contributed by atoms with van der Waals surface area (Å²) in [7, 11) is 1.31. The molecule has 1 heterocycles. The van der Waals surface area contributed by atoms with Gasteiger partial charge < -0.3 is 15.4 Å². The SMILES string of the molecule is COC(=O)c1ccc(NC(=O)c2cc(Nc3ccc(C(C)=O)cc3)ccn2)cc1. The third-order valence-electron chi connectivity index (χ3n) is 4.14. The smallest absolute Gasteiger partial charge is 0.337 e. The van der Waals surface area contributed by atoms with Gasteiger partial charge in [-0.2, -0.15) is 0 Å². The number of Topliss-reactive ketones (excluding diaryl/α,β-unsaturated/α-hetero) is 1. The number of anilines is 3. The number of amides is 1. The van der Waals surface area contributed by atoms with Gasteiger partial charge in [0.05, 0.1) is 12.7 Å². The predicted octanol–water partition coefficient (Wildman–Crippen LogP) is 4.07. The number of benzene rings is 2. The zero-order valence-electron chi connectivity index (χ0n) is 15.9. The minimum atomic E-state index is -0.445. The molecule has 0 aliphatic rings. The molecule has 2 aromatic carbocycles. The minimum Gasteiger partial charge on any atom is -0.465 e. The topological polar surface area (TPSA) is 97.4 Å². The average molecular weight is 389 g/mol. The lowest BCUT2D eigenvalue weighted by Gasteiger charge is -2.09. The van der Waals surface area contributed by atoms with Gasteiger partial charge in [0, 0.05) is 28.8 Å². The Labute approximate surface area is 167 Å². The lowest BCUT2D eigenvalue weighted by Crippen LogP contribution is -2.14. The van der Waals surface area contributed by atoms with Crippen LogP contribution >= 0.6 is 0 Å². The van der Waals surface area contributed by atoms with E-state index in [2.05, 4.69) is 20.4 Å². The number of ketones is 1. The molecule has 0 atom stereocenters. The van der Waals surface area contributed by atoms with Crippen LogP contribution in [0.4, 0.5) is 17.1 Å². The van der Waals surface area contributed by atoms with Gasteiger partial charge in [-0.1, -0.05) is 0 Å². The summed E-state index contributed by atoms with van der Waals surface area (Å²) in [6.45, 7) is 1.51. The Bertz CT molecular complexity index is 1040. The van der Waals surface area contributed by atoms with E-state index in [1.807, 2.05) is 0 Å². The molecule has 0 saturated carbocycles. The van der Waals surface area contributed by atoms with E-state index in [1.165, 1.54) is 20.2 Å². The van der Waals surface area contributed by atoms with Gasteiger partial charge in [-0.05, 0) is 67.6 Å².